The lowest BCUT2D eigenvalue weighted by atomic mass is 9.37. The Hall–Kier alpha value is -2.76. The second kappa shape index (κ2) is 6.67. The molecule has 5 atom stereocenters. The minimum Gasteiger partial charge on any atom is -0.350 e. The maximum Gasteiger partial charge on any atom is 0.223 e. The highest BCUT2D eigenvalue weighted by atomic mass is 19.2. The van der Waals surface area contributed by atoms with E-state index in [1.54, 1.807) is 6.33 Å². The van der Waals surface area contributed by atoms with Crippen molar-refractivity contribution >= 4 is 16.9 Å². The third-order valence-electron chi connectivity index (χ3n) is 9.57. The van der Waals surface area contributed by atoms with Crippen LogP contribution < -0.4 is 5.32 Å². The molecule has 2 aromatic carbocycles. The molecule has 0 spiro atoms. The summed E-state index contributed by atoms with van der Waals surface area (Å²) in [5.74, 6) is 0.0170. The number of halogens is 2. The first-order valence-corrected chi connectivity index (χ1v) is 12.5. The van der Waals surface area contributed by atoms with Crippen LogP contribution in [0.1, 0.15) is 56.2 Å². The fraction of sp³-hybridized carbons (Fsp3) is 0.500. The Kier molecular flexibility index (Phi) is 4.04. The third kappa shape index (κ3) is 2.80. The van der Waals surface area contributed by atoms with Gasteiger partial charge in [0.25, 0.3) is 0 Å². The Labute approximate surface area is 197 Å². The molecule has 3 unspecified atom stereocenters. The zero-order valence-electron chi connectivity index (χ0n) is 19.5. The Bertz CT molecular complexity index is 1300. The van der Waals surface area contributed by atoms with Gasteiger partial charge in [0.1, 0.15) is 0 Å². The van der Waals surface area contributed by atoms with Crippen LogP contribution in [0.15, 0.2) is 42.7 Å². The number of carbonyl (C=O) groups is 1. The summed E-state index contributed by atoms with van der Waals surface area (Å²) in [6, 6.07) is 11.5. The number of nitrogens with zero attached hydrogens (tertiary/aromatic N) is 2. The van der Waals surface area contributed by atoms with Crippen molar-refractivity contribution in [3.63, 3.8) is 0 Å². The van der Waals surface area contributed by atoms with Gasteiger partial charge >= 0.3 is 0 Å². The standard InChI is InChI=1S/C28H29F2N3O/c1-15-3-5-17(6-4-15)27-11-28(12-27,13-27)32-26(34)16(2)25-19-7-18(8-20(19)25)33-14-31-23-9-21(29)22(30)10-24(23)33/h3-6,9-10,14,16,18-20,25H,7-8,11-13H2,1-2H3,(H,32,34)/t16?,18?,19-,20+,25?,27?,28?. The van der Waals surface area contributed by atoms with Crippen LogP contribution in [-0.2, 0) is 10.2 Å². The zero-order valence-corrected chi connectivity index (χ0v) is 19.5. The molecule has 0 radical (unpaired) electrons. The Balaban J connectivity index is 0.967. The van der Waals surface area contributed by atoms with E-state index in [1.165, 1.54) is 23.3 Å². The van der Waals surface area contributed by atoms with Crippen molar-refractivity contribution in [3.8, 4) is 0 Å². The molecule has 3 aromatic rings. The number of rotatable bonds is 5. The summed E-state index contributed by atoms with van der Waals surface area (Å²) in [6.07, 6.45) is 6.83. The first kappa shape index (κ1) is 20.6. The first-order valence-electron chi connectivity index (χ1n) is 12.5. The summed E-state index contributed by atoms with van der Waals surface area (Å²) in [5.41, 5.74) is 4.14. The second-order valence-corrected chi connectivity index (χ2v) is 11.7. The minimum atomic E-state index is -0.861. The predicted octanol–water partition coefficient (Wildman–Crippen LogP) is 5.45. The molecule has 5 aliphatic carbocycles. The molecule has 5 fully saturated rings. The molecule has 6 heteroatoms. The molecular formula is C28H29F2N3O. The summed E-state index contributed by atoms with van der Waals surface area (Å²) in [5, 5.41) is 3.42. The summed E-state index contributed by atoms with van der Waals surface area (Å²) in [4.78, 5) is 17.4. The van der Waals surface area contributed by atoms with Gasteiger partial charge in [0, 0.05) is 35.0 Å². The van der Waals surface area contributed by atoms with E-state index in [0.717, 1.165) is 32.1 Å². The topological polar surface area (TPSA) is 46.9 Å². The van der Waals surface area contributed by atoms with Crippen LogP contribution in [0.4, 0.5) is 8.78 Å². The molecule has 0 saturated heterocycles. The van der Waals surface area contributed by atoms with Crippen molar-refractivity contribution in [2.45, 2.75) is 62.9 Å². The lowest BCUT2D eigenvalue weighted by molar-refractivity contribution is -0.142. The summed E-state index contributed by atoms with van der Waals surface area (Å²) in [6.45, 7) is 4.20. The minimum absolute atomic E-state index is 0.0117. The zero-order chi connectivity index (χ0) is 23.4. The number of hydrogen-bond donors (Lipinski definition) is 1. The number of aryl methyl sites for hydroxylation is 1. The van der Waals surface area contributed by atoms with E-state index in [4.69, 9.17) is 0 Å². The van der Waals surface area contributed by atoms with Crippen molar-refractivity contribution in [1.29, 1.82) is 0 Å². The molecule has 5 saturated carbocycles. The van der Waals surface area contributed by atoms with Gasteiger partial charge in [-0.1, -0.05) is 36.8 Å². The average Bonchev–Trinajstić information content (AvgIpc) is 3.07. The van der Waals surface area contributed by atoms with Crippen LogP contribution in [0.3, 0.4) is 0 Å². The highest BCUT2D eigenvalue weighted by Crippen LogP contribution is 2.68. The number of fused-ring (bicyclic) bond motifs is 2. The largest absolute Gasteiger partial charge is 0.350 e. The van der Waals surface area contributed by atoms with Crippen molar-refractivity contribution in [1.82, 2.24) is 14.9 Å². The average molecular weight is 462 g/mol. The normalized spacial score (nSPS) is 35.9. The summed E-state index contributed by atoms with van der Waals surface area (Å²) in [7, 11) is 0. The van der Waals surface area contributed by atoms with Gasteiger partial charge < -0.3 is 9.88 Å². The monoisotopic (exact) mass is 461 g/mol. The molecule has 34 heavy (non-hydrogen) atoms. The number of nitrogens with one attached hydrogen (secondary N) is 1. The summed E-state index contributed by atoms with van der Waals surface area (Å²) < 4.78 is 29.3. The van der Waals surface area contributed by atoms with Gasteiger partial charge in [-0.25, -0.2) is 13.8 Å². The fourth-order valence-electron chi connectivity index (χ4n) is 7.83. The molecule has 1 heterocycles. The molecule has 1 aromatic heterocycles. The Morgan fingerprint density at radius 2 is 1.74 bits per heavy atom. The molecule has 5 aliphatic rings. The van der Waals surface area contributed by atoms with E-state index < -0.39 is 11.6 Å². The van der Waals surface area contributed by atoms with Crippen LogP contribution in [0.2, 0.25) is 0 Å². The van der Waals surface area contributed by atoms with Crippen molar-refractivity contribution < 1.29 is 13.6 Å². The molecule has 2 bridgehead atoms. The van der Waals surface area contributed by atoms with Crippen LogP contribution in [0, 0.1) is 42.2 Å². The Morgan fingerprint density at radius 3 is 2.41 bits per heavy atom. The maximum absolute atomic E-state index is 13.8. The van der Waals surface area contributed by atoms with E-state index in [0.29, 0.717) is 28.8 Å². The highest BCUT2D eigenvalue weighted by Gasteiger charge is 2.69. The van der Waals surface area contributed by atoms with Crippen LogP contribution in [-0.4, -0.2) is 21.0 Å². The van der Waals surface area contributed by atoms with E-state index >= 15 is 0 Å². The fourth-order valence-corrected chi connectivity index (χ4v) is 7.83. The van der Waals surface area contributed by atoms with Crippen molar-refractivity contribution in [2.75, 3.05) is 0 Å². The quantitative estimate of drug-likeness (QED) is 0.550. The number of carbonyl (C=O) groups excluding carboxylic acids is 1. The molecule has 176 valence electrons. The smallest absolute Gasteiger partial charge is 0.223 e. The van der Waals surface area contributed by atoms with E-state index in [1.807, 2.05) is 4.57 Å². The van der Waals surface area contributed by atoms with Crippen molar-refractivity contribution in [2.24, 2.45) is 23.7 Å². The lowest BCUT2D eigenvalue weighted by Crippen LogP contribution is -2.77. The van der Waals surface area contributed by atoms with E-state index in [9.17, 15) is 13.6 Å². The van der Waals surface area contributed by atoms with Gasteiger partial charge in [-0.05, 0) is 62.3 Å². The third-order valence-corrected chi connectivity index (χ3v) is 9.57. The van der Waals surface area contributed by atoms with Crippen LogP contribution in [0.25, 0.3) is 11.0 Å². The SMILES string of the molecule is Cc1ccc(C23CC(NC(=O)C(C)C4[C@H]5CC(n6cnc7cc(F)c(F)cc76)C[C@@H]45)(C2)C3)cc1. The lowest BCUT2D eigenvalue weighted by Gasteiger charge is -2.71. The van der Waals surface area contributed by atoms with Crippen LogP contribution in [0.5, 0.6) is 0 Å². The predicted molar refractivity (Wildman–Crippen MR) is 125 cm³/mol. The van der Waals surface area contributed by atoms with Gasteiger partial charge in [-0.3, -0.25) is 4.79 Å². The second-order valence-electron chi connectivity index (χ2n) is 11.7. The molecule has 1 amide bonds. The summed E-state index contributed by atoms with van der Waals surface area (Å²) >= 11 is 0. The molecular weight excluding hydrogens is 432 g/mol. The molecule has 1 N–H and O–H groups in total. The molecule has 8 rings (SSSR count). The Morgan fingerprint density at radius 1 is 1.09 bits per heavy atom. The van der Waals surface area contributed by atoms with E-state index in [-0.39, 0.29) is 28.8 Å². The first-order chi connectivity index (χ1) is 16.3. The number of benzene rings is 2. The van der Waals surface area contributed by atoms with Gasteiger partial charge in [0.2, 0.25) is 5.91 Å². The highest BCUT2D eigenvalue weighted by molar-refractivity contribution is 5.81. The maximum atomic E-state index is 13.8. The van der Waals surface area contributed by atoms with Gasteiger partial charge in [-0.15, -0.1) is 0 Å². The number of imidazole rings is 1. The molecule has 4 nitrogen and oxygen atoms in total. The van der Waals surface area contributed by atoms with Gasteiger partial charge in [0.15, 0.2) is 11.6 Å². The molecule has 0 aliphatic heterocycles. The number of aromatic nitrogens is 2. The number of hydrogen-bond acceptors (Lipinski definition) is 2. The van der Waals surface area contributed by atoms with E-state index in [2.05, 4.69) is 48.4 Å². The van der Waals surface area contributed by atoms with Gasteiger partial charge in [-0.2, -0.15) is 0 Å². The number of amides is 1. The van der Waals surface area contributed by atoms with Crippen molar-refractivity contribution in [3.05, 3.63) is 65.5 Å². The van der Waals surface area contributed by atoms with Gasteiger partial charge in [0.05, 0.1) is 17.4 Å². The van der Waals surface area contributed by atoms with Crippen LogP contribution >= 0.6 is 0 Å².